The molecule has 3 nitrogen and oxygen atoms in total. The molecular weight excluding hydrogens is 250 g/mol. The van der Waals surface area contributed by atoms with Crippen LogP contribution in [0.25, 0.3) is 0 Å². The van der Waals surface area contributed by atoms with E-state index in [1.807, 2.05) is 11.8 Å². The van der Waals surface area contributed by atoms with Gasteiger partial charge < -0.3 is 10.0 Å². The maximum Gasteiger partial charge on any atom is 0.226 e. The van der Waals surface area contributed by atoms with Crippen LogP contribution >= 0.6 is 0 Å². The number of rotatable bonds is 2. The van der Waals surface area contributed by atoms with Gasteiger partial charge in [0.05, 0.1) is 18.7 Å². The Morgan fingerprint density at radius 2 is 2.15 bits per heavy atom. The first-order valence-electron chi connectivity index (χ1n) is 7.72. The Balaban J connectivity index is 1.49. The van der Waals surface area contributed by atoms with Gasteiger partial charge in [-0.25, -0.2) is 0 Å². The molecular formula is C17H21NO2. The van der Waals surface area contributed by atoms with Gasteiger partial charge in [0.15, 0.2) is 0 Å². The number of aryl methyl sites for hydroxylation is 1. The predicted octanol–water partition coefficient (Wildman–Crippen LogP) is 1.95. The number of nitrogens with zero attached hydrogens (tertiary/aromatic N) is 1. The molecule has 3 atom stereocenters. The summed E-state index contributed by atoms with van der Waals surface area (Å²) in [5, 5.41) is 10.1. The lowest BCUT2D eigenvalue weighted by molar-refractivity contribution is -0.157. The van der Waals surface area contributed by atoms with E-state index in [0.717, 1.165) is 19.3 Å². The van der Waals surface area contributed by atoms with Crippen molar-refractivity contribution >= 4 is 5.91 Å². The molecule has 2 aliphatic carbocycles. The van der Waals surface area contributed by atoms with Crippen LogP contribution in [0.1, 0.15) is 36.8 Å². The Morgan fingerprint density at radius 1 is 1.40 bits per heavy atom. The average molecular weight is 271 g/mol. The molecule has 1 saturated heterocycles. The molecule has 20 heavy (non-hydrogen) atoms. The molecule has 1 aromatic rings. The molecule has 1 aliphatic heterocycles. The Hall–Kier alpha value is -1.35. The second-order valence-corrected chi connectivity index (χ2v) is 6.73. The minimum absolute atomic E-state index is 0.181. The number of hydrogen-bond donors (Lipinski definition) is 1. The molecule has 0 radical (unpaired) electrons. The molecule has 3 unspecified atom stereocenters. The van der Waals surface area contributed by atoms with Crippen molar-refractivity contribution in [2.45, 2.75) is 37.7 Å². The number of hydrogen-bond acceptors (Lipinski definition) is 2. The van der Waals surface area contributed by atoms with E-state index in [2.05, 4.69) is 24.3 Å². The Morgan fingerprint density at radius 3 is 2.90 bits per heavy atom. The fourth-order valence-corrected chi connectivity index (χ4v) is 4.16. The highest BCUT2D eigenvalue weighted by Crippen LogP contribution is 2.60. The van der Waals surface area contributed by atoms with Crippen LogP contribution in [0.3, 0.4) is 0 Å². The zero-order valence-corrected chi connectivity index (χ0v) is 11.9. The second-order valence-electron chi connectivity index (χ2n) is 6.73. The van der Waals surface area contributed by atoms with E-state index in [9.17, 15) is 9.90 Å². The molecule has 1 amide bonds. The standard InChI is InChI=1S/C17H21NO2/c1-2-17(20)9-18(10-17)16(19)15-13-8-7-11-5-3-4-6-12(11)14(13)15/h3-6,13-15,20H,2,7-10H2,1H3. The van der Waals surface area contributed by atoms with Gasteiger partial charge in [-0.2, -0.15) is 0 Å². The first kappa shape index (κ1) is 12.4. The van der Waals surface area contributed by atoms with E-state index in [0.29, 0.717) is 24.9 Å². The van der Waals surface area contributed by atoms with Crippen molar-refractivity contribution < 1.29 is 9.90 Å². The monoisotopic (exact) mass is 271 g/mol. The highest BCUT2D eigenvalue weighted by molar-refractivity contribution is 5.85. The number of amides is 1. The number of fused-ring (bicyclic) bond motifs is 3. The summed E-state index contributed by atoms with van der Waals surface area (Å²) in [6, 6.07) is 8.57. The van der Waals surface area contributed by atoms with Crippen LogP contribution < -0.4 is 0 Å². The van der Waals surface area contributed by atoms with Crippen molar-refractivity contribution in [1.29, 1.82) is 0 Å². The minimum Gasteiger partial charge on any atom is -0.386 e. The number of β-amino-alcohol motifs (C(OH)–C–C–N with tert-alkyl or cyclic N) is 1. The van der Waals surface area contributed by atoms with Crippen LogP contribution in [-0.4, -0.2) is 34.6 Å². The SMILES string of the molecule is CCC1(O)CN(C(=O)C2C3CCc4ccccc4C32)C1. The van der Waals surface area contributed by atoms with E-state index >= 15 is 0 Å². The summed E-state index contributed by atoms with van der Waals surface area (Å²) in [6.07, 6.45) is 2.99. The van der Waals surface area contributed by atoms with Gasteiger partial charge in [-0.15, -0.1) is 0 Å². The minimum atomic E-state index is -0.617. The molecule has 1 saturated carbocycles. The zero-order valence-electron chi connectivity index (χ0n) is 11.9. The van der Waals surface area contributed by atoms with Crippen LogP contribution in [0.15, 0.2) is 24.3 Å². The van der Waals surface area contributed by atoms with Gasteiger partial charge >= 0.3 is 0 Å². The molecule has 3 heteroatoms. The van der Waals surface area contributed by atoms with Gasteiger partial charge in [-0.1, -0.05) is 31.2 Å². The molecule has 0 aromatic heterocycles. The fourth-order valence-electron chi connectivity index (χ4n) is 4.16. The van der Waals surface area contributed by atoms with Crippen LogP contribution in [0.2, 0.25) is 0 Å². The Bertz CT molecular complexity index is 562. The first-order chi connectivity index (χ1) is 9.63. The van der Waals surface area contributed by atoms with Crippen molar-refractivity contribution in [3.63, 3.8) is 0 Å². The van der Waals surface area contributed by atoms with E-state index in [4.69, 9.17) is 0 Å². The summed E-state index contributed by atoms with van der Waals surface area (Å²) in [6.45, 7) is 3.04. The summed E-state index contributed by atoms with van der Waals surface area (Å²) in [4.78, 5) is 14.4. The van der Waals surface area contributed by atoms with E-state index in [-0.39, 0.29) is 11.8 Å². The van der Waals surface area contributed by atoms with Crippen molar-refractivity contribution in [3.05, 3.63) is 35.4 Å². The van der Waals surface area contributed by atoms with Gasteiger partial charge in [0.1, 0.15) is 0 Å². The average Bonchev–Trinajstić information content (AvgIpc) is 3.18. The molecule has 1 N–H and O–H groups in total. The third kappa shape index (κ3) is 1.65. The van der Waals surface area contributed by atoms with Gasteiger partial charge in [0.25, 0.3) is 0 Å². The summed E-state index contributed by atoms with van der Waals surface area (Å²) in [5.41, 5.74) is 2.21. The summed E-state index contributed by atoms with van der Waals surface area (Å²) < 4.78 is 0. The maximum absolute atomic E-state index is 12.6. The Kier molecular flexibility index (Phi) is 2.53. The van der Waals surface area contributed by atoms with Crippen molar-refractivity contribution in [2.24, 2.45) is 11.8 Å². The summed E-state index contributed by atoms with van der Waals surface area (Å²) in [5.74, 6) is 1.45. The number of likely N-dealkylation sites (tertiary alicyclic amines) is 1. The van der Waals surface area contributed by atoms with Crippen molar-refractivity contribution in [1.82, 2.24) is 4.90 Å². The van der Waals surface area contributed by atoms with E-state index in [1.54, 1.807) is 0 Å². The molecule has 0 bridgehead atoms. The van der Waals surface area contributed by atoms with Crippen molar-refractivity contribution in [2.75, 3.05) is 13.1 Å². The fraction of sp³-hybridized carbons (Fsp3) is 0.588. The lowest BCUT2D eigenvalue weighted by Crippen LogP contribution is -2.63. The molecule has 0 spiro atoms. The van der Waals surface area contributed by atoms with Gasteiger partial charge in [-0.05, 0) is 42.2 Å². The highest BCUT2D eigenvalue weighted by atomic mass is 16.3. The van der Waals surface area contributed by atoms with Crippen LogP contribution in [-0.2, 0) is 11.2 Å². The second kappa shape index (κ2) is 4.08. The lowest BCUT2D eigenvalue weighted by Gasteiger charge is -2.46. The maximum atomic E-state index is 12.6. The van der Waals surface area contributed by atoms with Crippen LogP contribution in [0, 0.1) is 11.8 Å². The molecule has 3 aliphatic rings. The molecule has 2 fully saturated rings. The number of carbonyl (C=O) groups is 1. The van der Waals surface area contributed by atoms with Crippen LogP contribution in [0.4, 0.5) is 0 Å². The lowest BCUT2D eigenvalue weighted by atomic mass is 9.90. The number of aliphatic hydroxyl groups is 1. The summed E-state index contributed by atoms with van der Waals surface area (Å²) in [7, 11) is 0. The topological polar surface area (TPSA) is 40.5 Å². The zero-order chi connectivity index (χ0) is 13.9. The molecule has 4 rings (SSSR count). The summed E-state index contributed by atoms with van der Waals surface area (Å²) >= 11 is 0. The molecule has 1 aromatic carbocycles. The van der Waals surface area contributed by atoms with Crippen molar-refractivity contribution in [3.8, 4) is 0 Å². The van der Waals surface area contributed by atoms with E-state index in [1.165, 1.54) is 11.1 Å². The molecule has 106 valence electrons. The van der Waals surface area contributed by atoms with Gasteiger partial charge in [0, 0.05) is 5.92 Å². The third-order valence-electron chi connectivity index (χ3n) is 5.56. The Labute approximate surface area is 119 Å². The van der Waals surface area contributed by atoms with Gasteiger partial charge in [-0.3, -0.25) is 4.79 Å². The van der Waals surface area contributed by atoms with Gasteiger partial charge in [0.2, 0.25) is 5.91 Å². The largest absolute Gasteiger partial charge is 0.386 e. The number of benzene rings is 1. The smallest absolute Gasteiger partial charge is 0.226 e. The highest BCUT2D eigenvalue weighted by Gasteiger charge is 2.59. The quantitative estimate of drug-likeness (QED) is 0.893. The normalized spacial score (nSPS) is 32.9. The first-order valence-corrected chi connectivity index (χ1v) is 7.72. The molecule has 1 heterocycles. The third-order valence-corrected chi connectivity index (χ3v) is 5.56. The number of carbonyl (C=O) groups excluding carboxylic acids is 1. The van der Waals surface area contributed by atoms with E-state index < -0.39 is 5.60 Å². The predicted molar refractivity (Wildman–Crippen MR) is 76.3 cm³/mol. The van der Waals surface area contributed by atoms with Crippen LogP contribution in [0.5, 0.6) is 0 Å².